The van der Waals surface area contributed by atoms with E-state index in [1.54, 1.807) is 24.0 Å². The molecule has 1 atom stereocenters. The van der Waals surface area contributed by atoms with Gasteiger partial charge in [-0.3, -0.25) is 4.79 Å². The van der Waals surface area contributed by atoms with Gasteiger partial charge in [0.1, 0.15) is 5.75 Å². The number of carbonyl (C=O) groups excluding carboxylic acids is 1. The molecule has 1 aromatic heterocycles. The van der Waals surface area contributed by atoms with Crippen molar-refractivity contribution >= 4 is 17.2 Å². The highest BCUT2D eigenvalue weighted by molar-refractivity contribution is 7.17. The number of nitrogens with zero attached hydrogens (tertiary/aromatic N) is 2. The number of hydrogen-bond donors (Lipinski definition) is 1. The van der Waals surface area contributed by atoms with Crippen molar-refractivity contribution in [3.63, 3.8) is 0 Å². The quantitative estimate of drug-likeness (QED) is 0.714. The molecular weight excluding hydrogens is 439 g/mol. The van der Waals surface area contributed by atoms with Gasteiger partial charge in [0.05, 0.1) is 4.88 Å². The van der Waals surface area contributed by atoms with Crippen molar-refractivity contribution in [2.24, 2.45) is 5.73 Å². The molecule has 2 saturated heterocycles. The maximum Gasteiger partial charge on any atom is 0.573 e. The number of rotatable bonds is 4. The molecule has 0 saturated carbocycles. The first-order chi connectivity index (χ1) is 15.1. The number of thiophene rings is 1. The standard InChI is InChI=1S/C23H28F3N3O2S/c1-14-11-20(32-21(14)22(30)29-10-7-17(27)13-29)18-4-3-16(12-19(18)31-23(24,25)26)15-5-8-28(2)9-6-15/h3-4,11-12,15,17H,5-10,13,27H2,1-2H3/t17-/m0/s1. The summed E-state index contributed by atoms with van der Waals surface area (Å²) in [7, 11) is 2.05. The van der Waals surface area contributed by atoms with Gasteiger partial charge < -0.3 is 20.3 Å². The van der Waals surface area contributed by atoms with Gasteiger partial charge in [-0.05, 0) is 81.6 Å². The Hall–Kier alpha value is -2.10. The molecule has 32 heavy (non-hydrogen) atoms. The summed E-state index contributed by atoms with van der Waals surface area (Å²) in [5.41, 5.74) is 7.87. The van der Waals surface area contributed by atoms with E-state index in [0.717, 1.165) is 43.5 Å². The van der Waals surface area contributed by atoms with Gasteiger partial charge in [-0.15, -0.1) is 24.5 Å². The number of likely N-dealkylation sites (tertiary alicyclic amines) is 2. The van der Waals surface area contributed by atoms with Crippen LogP contribution in [-0.2, 0) is 0 Å². The molecule has 5 nitrogen and oxygen atoms in total. The lowest BCUT2D eigenvalue weighted by atomic mass is 9.89. The minimum absolute atomic E-state index is 0.0300. The predicted octanol–water partition coefficient (Wildman–Crippen LogP) is 4.60. The fourth-order valence-corrected chi connectivity index (χ4v) is 5.66. The number of piperidine rings is 1. The molecule has 3 heterocycles. The molecule has 0 aliphatic carbocycles. The van der Waals surface area contributed by atoms with Gasteiger partial charge >= 0.3 is 6.36 Å². The van der Waals surface area contributed by atoms with Crippen LogP contribution in [0.2, 0.25) is 0 Å². The maximum absolute atomic E-state index is 13.2. The number of aryl methyl sites for hydroxylation is 1. The molecule has 1 amide bonds. The van der Waals surface area contributed by atoms with E-state index in [4.69, 9.17) is 5.73 Å². The third-order valence-corrected chi connectivity index (χ3v) is 7.57. The monoisotopic (exact) mass is 467 g/mol. The zero-order chi connectivity index (χ0) is 23.0. The summed E-state index contributed by atoms with van der Waals surface area (Å²) in [6, 6.07) is 6.85. The topological polar surface area (TPSA) is 58.8 Å². The van der Waals surface area contributed by atoms with E-state index in [2.05, 4.69) is 9.64 Å². The minimum atomic E-state index is -4.79. The molecule has 0 radical (unpaired) electrons. The molecule has 0 unspecified atom stereocenters. The van der Waals surface area contributed by atoms with E-state index in [9.17, 15) is 18.0 Å². The van der Waals surface area contributed by atoms with E-state index >= 15 is 0 Å². The molecule has 174 valence electrons. The number of nitrogens with two attached hydrogens (primary N) is 1. The first-order valence-corrected chi connectivity index (χ1v) is 11.7. The number of ether oxygens (including phenoxy) is 1. The van der Waals surface area contributed by atoms with Crippen molar-refractivity contribution in [3.05, 3.63) is 40.3 Å². The summed E-state index contributed by atoms with van der Waals surface area (Å²) in [5.74, 6) is -0.122. The van der Waals surface area contributed by atoms with Crippen LogP contribution in [-0.4, -0.2) is 61.3 Å². The van der Waals surface area contributed by atoms with Gasteiger partial charge in [0.2, 0.25) is 0 Å². The summed E-state index contributed by atoms with van der Waals surface area (Å²) in [6.45, 7) is 4.73. The summed E-state index contributed by atoms with van der Waals surface area (Å²) >= 11 is 1.20. The highest BCUT2D eigenvalue weighted by Gasteiger charge is 2.34. The van der Waals surface area contributed by atoms with Crippen molar-refractivity contribution in [1.82, 2.24) is 9.80 Å². The number of hydrogen-bond acceptors (Lipinski definition) is 5. The summed E-state index contributed by atoms with van der Waals surface area (Å²) in [5, 5.41) is 0. The Labute approximate surface area is 189 Å². The SMILES string of the molecule is Cc1cc(-c2ccc(C3CCN(C)CC3)cc2OC(F)(F)F)sc1C(=O)N1CC[C@H](N)C1. The number of alkyl halides is 3. The number of amides is 1. The maximum atomic E-state index is 13.2. The Morgan fingerprint density at radius 1 is 1.16 bits per heavy atom. The minimum Gasteiger partial charge on any atom is -0.405 e. The van der Waals surface area contributed by atoms with Crippen molar-refractivity contribution < 1.29 is 22.7 Å². The van der Waals surface area contributed by atoms with Crippen molar-refractivity contribution in [3.8, 4) is 16.2 Å². The van der Waals surface area contributed by atoms with Crippen LogP contribution in [0, 0.1) is 6.92 Å². The van der Waals surface area contributed by atoms with Crippen LogP contribution < -0.4 is 10.5 Å². The molecule has 2 aliphatic heterocycles. The molecule has 2 N–H and O–H groups in total. The first-order valence-electron chi connectivity index (χ1n) is 10.8. The number of carbonyl (C=O) groups is 1. The van der Waals surface area contributed by atoms with Crippen LogP contribution in [0.5, 0.6) is 5.75 Å². The Kier molecular flexibility index (Phi) is 6.51. The second-order valence-corrected chi connectivity index (χ2v) is 9.86. The predicted molar refractivity (Wildman–Crippen MR) is 119 cm³/mol. The lowest BCUT2D eigenvalue weighted by Crippen LogP contribution is -2.31. The van der Waals surface area contributed by atoms with Crippen molar-refractivity contribution in [2.45, 2.75) is 44.5 Å². The summed E-state index contributed by atoms with van der Waals surface area (Å²) in [6.07, 6.45) is -2.24. The second-order valence-electron chi connectivity index (χ2n) is 8.80. The Morgan fingerprint density at radius 2 is 1.88 bits per heavy atom. The van der Waals surface area contributed by atoms with Crippen molar-refractivity contribution in [2.75, 3.05) is 33.2 Å². The molecule has 0 spiro atoms. The molecule has 4 rings (SSSR count). The van der Waals surface area contributed by atoms with Crippen LogP contribution in [0.15, 0.2) is 24.3 Å². The fraction of sp³-hybridized carbons (Fsp3) is 0.522. The zero-order valence-corrected chi connectivity index (χ0v) is 19.1. The molecule has 9 heteroatoms. The van der Waals surface area contributed by atoms with Crippen LogP contribution in [0.25, 0.3) is 10.4 Å². The Bertz CT molecular complexity index is 983. The molecular formula is C23H28F3N3O2S. The molecule has 1 aromatic carbocycles. The number of halogens is 3. The lowest BCUT2D eigenvalue weighted by molar-refractivity contribution is -0.274. The molecule has 2 aliphatic rings. The third kappa shape index (κ3) is 5.10. The van der Waals surface area contributed by atoms with Gasteiger partial charge in [0.25, 0.3) is 5.91 Å². The fourth-order valence-electron chi connectivity index (χ4n) is 4.49. The van der Waals surface area contributed by atoms with Gasteiger partial charge in [0, 0.05) is 29.6 Å². The molecule has 2 fully saturated rings. The second kappa shape index (κ2) is 9.03. The average Bonchev–Trinajstić information content (AvgIpc) is 3.32. The average molecular weight is 468 g/mol. The highest BCUT2D eigenvalue weighted by atomic mass is 32.1. The van der Waals surface area contributed by atoms with Crippen molar-refractivity contribution in [1.29, 1.82) is 0 Å². The van der Waals surface area contributed by atoms with Crippen LogP contribution in [0.3, 0.4) is 0 Å². The van der Waals surface area contributed by atoms with E-state index < -0.39 is 6.36 Å². The van der Waals surface area contributed by atoms with Gasteiger partial charge in [-0.1, -0.05) is 6.07 Å². The largest absolute Gasteiger partial charge is 0.573 e. The third-order valence-electron chi connectivity index (χ3n) is 6.31. The van der Waals surface area contributed by atoms with E-state index in [0.29, 0.717) is 28.4 Å². The highest BCUT2D eigenvalue weighted by Crippen LogP contribution is 2.42. The van der Waals surface area contributed by atoms with E-state index in [1.165, 1.54) is 17.4 Å². The summed E-state index contributed by atoms with van der Waals surface area (Å²) < 4.78 is 44.1. The smallest absolute Gasteiger partial charge is 0.405 e. The molecule has 0 bridgehead atoms. The Morgan fingerprint density at radius 3 is 2.50 bits per heavy atom. The summed E-state index contributed by atoms with van der Waals surface area (Å²) in [4.78, 5) is 18.0. The van der Waals surface area contributed by atoms with Crippen LogP contribution in [0.1, 0.15) is 46.0 Å². The van der Waals surface area contributed by atoms with E-state index in [-0.39, 0.29) is 23.6 Å². The lowest BCUT2D eigenvalue weighted by Gasteiger charge is -2.29. The van der Waals surface area contributed by atoms with Crippen LogP contribution >= 0.6 is 11.3 Å². The van der Waals surface area contributed by atoms with Crippen LogP contribution in [0.4, 0.5) is 13.2 Å². The zero-order valence-electron chi connectivity index (χ0n) is 18.2. The number of benzene rings is 1. The van der Waals surface area contributed by atoms with E-state index in [1.807, 2.05) is 13.1 Å². The molecule has 2 aromatic rings. The first kappa shape index (κ1) is 23.1. The van der Waals surface area contributed by atoms with Gasteiger partial charge in [-0.2, -0.15) is 0 Å². The Balaban J connectivity index is 1.65. The van der Waals surface area contributed by atoms with Gasteiger partial charge in [0.15, 0.2) is 0 Å². The van der Waals surface area contributed by atoms with Gasteiger partial charge in [-0.25, -0.2) is 0 Å². The normalized spacial score (nSPS) is 20.7.